The maximum atomic E-state index is 13.5. The molecule has 0 unspecified atom stereocenters. The number of aromatic nitrogens is 2. The van der Waals surface area contributed by atoms with Gasteiger partial charge in [-0.3, -0.25) is 9.69 Å². The quantitative estimate of drug-likeness (QED) is 0.288. The van der Waals surface area contributed by atoms with E-state index >= 15 is 0 Å². The summed E-state index contributed by atoms with van der Waals surface area (Å²) < 4.78 is 27.0. The predicted molar refractivity (Wildman–Crippen MR) is 148 cm³/mol. The first-order valence-electron chi connectivity index (χ1n) is 12.9. The van der Waals surface area contributed by atoms with Gasteiger partial charge in [-0.05, 0) is 36.2 Å². The molecule has 5 aromatic rings. The molecular weight excluding hydrogens is 494 g/mol. The molecule has 1 fully saturated rings. The van der Waals surface area contributed by atoms with Crippen molar-refractivity contribution >= 4 is 16.9 Å². The van der Waals surface area contributed by atoms with Crippen molar-refractivity contribution in [2.45, 2.75) is 19.0 Å². The van der Waals surface area contributed by atoms with Crippen LogP contribution in [0.1, 0.15) is 22.3 Å². The van der Waals surface area contributed by atoms with Crippen LogP contribution in [0.5, 0.6) is 0 Å². The van der Waals surface area contributed by atoms with Gasteiger partial charge >= 0.3 is 0 Å². The molecule has 4 aromatic carbocycles. The Labute approximate surface area is 225 Å². The zero-order chi connectivity index (χ0) is 26.8. The minimum Gasteiger partial charge on any atom is -0.348 e. The van der Waals surface area contributed by atoms with Crippen LogP contribution in [-0.2, 0) is 6.54 Å². The molecule has 0 saturated carbocycles. The zero-order valence-electron chi connectivity index (χ0n) is 21.1. The number of rotatable bonds is 6. The first-order chi connectivity index (χ1) is 19.0. The van der Waals surface area contributed by atoms with Crippen molar-refractivity contribution in [1.82, 2.24) is 20.2 Å². The number of benzene rings is 4. The van der Waals surface area contributed by atoms with E-state index in [1.165, 1.54) is 0 Å². The topological polar surface area (TPSA) is 58.1 Å². The summed E-state index contributed by atoms with van der Waals surface area (Å²) in [6.45, 7) is 2.22. The largest absolute Gasteiger partial charge is 0.348 e. The number of likely N-dealkylation sites (tertiary alicyclic amines) is 1. The van der Waals surface area contributed by atoms with E-state index in [-0.39, 0.29) is 11.6 Å². The molecule has 6 rings (SSSR count). The van der Waals surface area contributed by atoms with Crippen molar-refractivity contribution in [3.63, 3.8) is 0 Å². The second-order valence-corrected chi connectivity index (χ2v) is 9.82. The lowest BCUT2D eigenvalue weighted by molar-refractivity contribution is 0.0936. The highest BCUT2D eigenvalue weighted by atomic mass is 19.1. The Bertz CT molecular complexity index is 1620. The summed E-state index contributed by atoms with van der Waals surface area (Å²) in [5.74, 6) is -1.99. The monoisotopic (exact) mass is 520 g/mol. The van der Waals surface area contributed by atoms with E-state index in [1.54, 1.807) is 0 Å². The molecular formula is C32H26F2N4O. The molecule has 1 aromatic heterocycles. The van der Waals surface area contributed by atoms with Gasteiger partial charge in [-0.25, -0.2) is 18.7 Å². The normalized spacial score (nSPS) is 15.5. The van der Waals surface area contributed by atoms with Crippen LogP contribution in [0.2, 0.25) is 0 Å². The lowest BCUT2D eigenvalue weighted by atomic mass is 10.0. The van der Waals surface area contributed by atoms with Crippen LogP contribution in [0.25, 0.3) is 33.5 Å². The molecule has 1 saturated heterocycles. The highest BCUT2D eigenvalue weighted by Crippen LogP contribution is 2.31. The number of fused-ring (bicyclic) bond motifs is 1. The number of para-hydroxylation sites is 2. The number of carbonyl (C=O) groups is 1. The van der Waals surface area contributed by atoms with Gasteiger partial charge in [0.05, 0.1) is 22.4 Å². The Balaban J connectivity index is 1.16. The van der Waals surface area contributed by atoms with Crippen LogP contribution in [0.4, 0.5) is 8.78 Å². The van der Waals surface area contributed by atoms with E-state index < -0.39 is 17.5 Å². The van der Waals surface area contributed by atoms with E-state index in [0.29, 0.717) is 6.54 Å². The van der Waals surface area contributed by atoms with Gasteiger partial charge in [-0.15, -0.1) is 0 Å². The van der Waals surface area contributed by atoms with E-state index in [4.69, 9.17) is 9.97 Å². The fraction of sp³-hybridized carbons (Fsp3) is 0.156. The van der Waals surface area contributed by atoms with Crippen LogP contribution in [0, 0.1) is 11.6 Å². The number of halogens is 2. The smallest absolute Gasteiger partial charge is 0.251 e. The highest BCUT2D eigenvalue weighted by molar-refractivity contribution is 5.94. The molecule has 0 aliphatic carbocycles. The molecule has 39 heavy (non-hydrogen) atoms. The van der Waals surface area contributed by atoms with Crippen molar-refractivity contribution in [2.75, 3.05) is 13.1 Å². The number of amides is 1. The van der Waals surface area contributed by atoms with E-state index in [9.17, 15) is 13.6 Å². The number of carbonyl (C=O) groups excluding carboxylic acids is 1. The lowest BCUT2D eigenvalue weighted by Gasteiger charge is -2.17. The summed E-state index contributed by atoms with van der Waals surface area (Å²) in [4.78, 5) is 24.7. The Morgan fingerprint density at radius 3 is 2.03 bits per heavy atom. The Kier molecular flexibility index (Phi) is 6.82. The van der Waals surface area contributed by atoms with Crippen molar-refractivity contribution in [1.29, 1.82) is 0 Å². The van der Waals surface area contributed by atoms with Crippen LogP contribution in [0.15, 0.2) is 97.1 Å². The number of hydrogen-bond donors (Lipinski definition) is 1. The maximum absolute atomic E-state index is 13.5. The van der Waals surface area contributed by atoms with E-state index in [2.05, 4.69) is 34.5 Å². The minimum absolute atomic E-state index is 0.00630. The molecule has 0 bridgehead atoms. The summed E-state index contributed by atoms with van der Waals surface area (Å²) in [6, 6.07) is 29.1. The summed E-state index contributed by atoms with van der Waals surface area (Å²) in [7, 11) is 0. The van der Waals surface area contributed by atoms with Gasteiger partial charge in [0.15, 0.2) is 0 Å². The van der Waals surface area contributed by atoms with E-state index in [1.807, 2.05) is 54.6 Å². The summed E-state index contributed by atoms with van der Waals surface area (Å²) in [5, 5.41) is 2.90. The maximum Gasteiger partial charge on any atom is 0.251 e. The third-order valence-electron chi connectivity index (χ3n) is 6.98. The predicted octanol–water partition coefficient (Wildman–Crippen LogP) is 6.25. The molecule has 1 aliphatic rings. The van der Waals surface area contributed by atoms with Crippen molar-refractivity contribution in [3.8, 4) is 22.5 Å². The molecule has 5 nitrogen and oxygen atoms in total. The van der Waals surface area contributed by atoms with Gasteiger partial charge in [-0.2, -0.15) is 0 Å². The third kappa shape index (κ3) is 5.54. The molecule has 194 valence electrons. The van der Waals surface area contributed by atoms with Crippen LogP contribution >= 0.6 is 0 Å². The van der Waals surface area contributed by atoms with Crippen LogP contribution in [0.3, 0.4) is 0 Å². The average molecular weight is 521 g/mol. The molecule has 1 aliphatic heterocycles. The van der Waals surface area contributed by atoms with Gasteiger partial charge in [0.1, 0.15) is 11.6 Å². The van der Waals surface area contributed by atoms with Crippen molar-refractivity contribution in [2.24, 2.45) is 0 Å². The molecule has 2 heterocycles. The summed E-state index contributed by atoms with van der Waals surface area (Å²) >= 11 is 0. The molecule has 1 N–H and O–H groups in total. The zero-order valence-corrected chi connectivity index (χ0v) is 21.1. The van der Waals surface area contributed by atoms with Crippen molar-refractivity contribution in [3.05, 3.63) is 120 Å². The standard InChI is InChI=1S/C32H26F2N4O/c33-25-16-24(17-26(34)18-25)32(39)35-27-14-15-38(20-27)19-21-10-12-23(13-11-21)31-30(22-6-2-1-3-7-22)36-28-8-4-5-9-29(28)37-31/h1-13,16-18,27H,14-15,19-20H2,(H,35,39)/t27-/m1/s1. The Morgan fingerprint density at radius 1 is 0.795 bits per heavy atom. The van der Waals surface area contributed by atoms with Crippen LogP contribution < -0.4 is 5.32 Å². The lowest BCUT2D eigenvalue weighted by Crippen LogP contribution is -2.37. The minimum atomic E-state index is -0.762. The number of nitrogens with zero attached hydrogens (tertiary/aromatic N) is 3. The fourth-order valence-electron chi connectivity index (χ4n) is 5.07. The summed E-state index contributed by atoms with van der Waals surface area (Å²) in [5.41, 5.74) is 6.53. The van der Waals surface area contributed by atoms with Crippen molar-refractivity contribution < 1.29 is 13.6 Å². The average Bonchev–Trinajstić information content (AvgIpc) is 3.39. The van der Waals surface area contributed by atoms with Gasteiger partial charge in [-0.1, -0.05) is 66.7 Å². The summed E-state index contributed by atoms with van der Waals surface area (Å²) in [6.07, 6.45) is 0.773. The highest BCUT2D eigenvalue weighted by Gasteiger charge is 2.25. The Morgan fingerprint density at radius 2 is 1.38 bits per heavy atom. The molecule has 1 amide bonds. The first-order valence-corrected chi connectivity index (χ1v) is 12.9. The molecule has 0 spiro atoms. The van der Waals surface area contributed by atoms with Gasteiger partial charge in [0.2, 0.25) is 0 Å². The second kappa shape index (κ2) is 10.7. The number of nitrogens with one attached hydrogen (secondary N) is 1. The van der Waals surface area contributed by atoms with Gasteiger partial charge in [0.25, 0.3) is 5.91 Å². The first kappa shape index (κ1) is 24.8. The molecule has 1 atom stereocenters. The van der Waals surface area contributed by atoms with E-state index in [0.717, 1.165) is 76.8 Å². The molecule has 7 heteroatoms. The number of hydrogen-bond acceptors (Lipinski definition) is 4. The van der Waals surface area contributed by atoms with Gasteiger partial charge in [0, 0.05) is 48.4 Å². The van der Waals surface area contributed by atoms with Gasteiger partial charge < -0.3 is 5.32 Å². The fourth-order valence-corrected chi connectivity index (χ4v) is 5.07. The SMILES string of the molecule is O=C(N[C@@H]1CCN(Cc2ccc(-c3nc4ccccc4nc3-c3ccccc3)cc2)C1)c1cc(F)cc(F)c1. The second-order valence-electron chi connectivity index (χ2n) is 9.82. The molecule has 0 radical (unpaired) electrons. The van der Waals surface area contributed by atoms with Crippen LogP contribution in [-0.4, -0.2) is 39.9 Å². The third-order valence-corrected chi connectivity index (χ3v) is 6.98. The Hall–Kier alpha value is -4.49.